The number of rotatable bonds is 10. The molecule has 224 valence electrons. The highest BCUT2D eigenvalue weighted by Gasteiger charge is 2.60. The topological polar surface area (TPSA) is 47.6 Å². The van der Waals surface area contributed by atoms with Crippen molar-refractivity contribution in [1.82, 2.24) is 0 Å². The third-order valence-electron chi connectivity index (χ3n) is 12.5. The summed E-state index contributed by atoms with van der Waals surface area (Å²) in [7, 11) is 0. The molecule has 4 heteroatoms. The van der Waals surface area contributed by atoms with Crippen LogP contribution in [0.25, 0.3) is 0 Å². The maximum absolute atomic E-state index is 12.1. The van der Waals surface area contributed by atoms with Crippen molar-refractivity contribution in [3.05, 3.63) is 30.3 Å². The SMILES string of the molecule is CC(C)CCC[C@H](C)[C@H]1CC[C@H]2[C@@H]3CC[C@H]4C[C@@H](OCCOC(=O)Nc5ccccc5)CC[C@]4(C)[C@H]3CC[C@]12C. The van der Waals surface area contributed by atoms with E-state index in [0.717, 1.165) is 53.5 Å². The van der Waals surface area contributed by atoms with Crippen LogP contribution in [0, 0.1) is 52.3 Å². The lowest BCUT2D eigenvalue weighted by Crippen LogP contribution is -2.54. The number of hydrogen-bond donors (Lipinski definition) is 1. The van der Waals surface area contributed by atoms with Gasteiger partial charge in [-0.05, 0) is 122 Å². The summed E-state index contributed by atoms with van der Waals surface area (Å²) in [5, 5.41) is 2.77. The molecule has 4 aliphatic rings. The molecule has 1 N–H and O–H groups in total. The van der Waals surface area contributed by atoms with Crippen molar-refractivity contribution in [3.8, 4) is 0 Å². The first-order valence-electron chi connectivity index (χ1n) is 16.8. The molecule has 4 nitrogen and oxygen atoms in total. The van der Waals surface area contributed by atoms with Crippen molar-refractivity contribution in [1.29, 1.82) is 0 Å². The average Bonchev–Trinajstić information content (AvgIpc) is 3.29. The summed E-state index contributed by atoms with van der Waals surface area (Å²) < 4.78 is 11.6. The van der Waals surface area contributed by atoms with Gasteiger partial charge in [-0.15, -0.1) is 0 Å². The molecule has 1 aromatic rings. The summed E-state index contributed by atoms with van der Waals surface area (Å²) in [6.07, 6.45) is 16.5. The van der Waals surface area contributed by atoms with Crippen molar-refractivity contribution in [3.63, 3.8) is 0 Å². The molecule has 40 heavy (non-hydrogen) atoms. The lowest BCUT2D eigenvalue weighted by Gasteiger charge is -2.61. The predicted molar refractivity (Wildman–Crippen MR) is 164 cm³/mol. The molecule has 0 aliphatic heterocycles. The van der Waals surface area contributed by atoms with Crippen LogP contribution in [0.5, 0.6) is 0 Å². The Morgan fingerprint density at radius 3 is 2.42 bits per heavy atom. The average molecular weight is 552 g/mol. The zero-order valence-electron chi connectivity index (χ0n) is 26.1. The van der Waals surface area contributed by atoms with E-state index in [9.17, 15) is 4.79 Å². The Balaban J connectivity index is 1.10. The van der Waals surface area contributed by atoms with E-state index in [-0.39, 0.29) is 0 Å². The van der Waals surface area contributed by atoms with Gasteiger partial charge in [0.25, 0.3) is 0 Å². The maximum Gasteiger partial charge on any atom is 0.411 e. The van der Waals surface area contributed by atoms with E-state index < -0.39 is 6.09 Å². The normalized spacial score (nSPS) is 37.8. The van der Waals surface area contributed by atoms with Crippen LogP contribution in [0.15, 0.2) is 30.3 Å². The Morgan fingerprint density at radius 1 is 0.900 bits per heavy atom. The van der Waals surface area contributed by atoms with Crippen LogP contribution < -0.4 is 5.32 Å². The molecular formula is C36H57NO3. The monoisotopic (exact) mass is 551 g/mol. The van der Waals surface area contributed by atoms with Gasteiger partial charge in [0.05, 0.1) is 12.7 Å². The van der Waals surface area contributed by atoms with E-state index in [1.54, 1.807) is 0 Å². The zero-order valence-corrected chi connectivity index (χ0v) is 26.1. The van der Waals surface area contributed by atoms with Crippen molar-refractivity contribution in [2.24, 2.45) is 52.3 Å². The predicted octanol–water partition coefficient (Wildman–Crippen LogP) is 9.74. The molecule has 0 aromatic heterocycles. The molecular weight excluding hydrogens is 494 g/mol. The molecule has 4 aliphatic carbocycles. The van der Waals surface area contributed by atoms with E-state index in [1.165, 1.54) is 70.6 Å². The number of nitrogens with one attached hydrogen (secondary N) is 1. The second-order valence-corrected chi connectivity index (χ2v) is 15.1. The smallest absolute Gasteiger partial charge is 0.411 e. The number of para-hydroxylation sites is 1. The summed E-state index contributed by atoms with van der Waals surface area (Å²) in [4.78, 5) is 12.1. The molecule has 0 saturated heterocycles. The quantitative estimate of drug-likeness (QED) is 0.294. The summed E-state index contributed by atoms with van der Waals surface area (Å²) >= 11 is 0. The Bertz CT molecular complexity index is 964. The van der Waals surface area contributed by atoms with Gasteiger partial charge in [-0.25, -0.2) is 4.79 Å². The number of benzene rings is 1. The van der Waals surface area contributed by atoms with Crippen LogP contribution in [0.1, 0.15) is 112 Å². The zero-order chi connectivity index (χ0) is 28.3. The molecule has 4 saturated carbocycles. The molecule has 0 radical (unpaired) electrons. The van der Waals surface area contributed by atoms with E-state index in [1.807, 2.05) is 30.3 Å². The largest absolute Gasteiger partial charge is 0.447 e. The number of anilines is 1. The van der Waals surface area contributed by atoms with Crippen LogP contribution in [-0.4, -0.2) is 25.4 Å². The van der Waals surface area contributed by atoms with Crippen LogP contribution >= 0.6 is 0 Å². The summed E-state index contributed by atoms with van der Waals surface area (Å²) in [5.41, 5.74) is 1.81. The van der Waals surface area contributed by atoms with Gasteiger partial charge < -0.3 is 9.47 Å². The molecule has 0 unspecified atom stereocenters. The fourth-order valence-corrected chi connectivity index (χ4v) is 10.4. The van der Waals surface area contributed by atoms with Crippen molar-refractivity contribution < 1.29 is 14.3 Å². The first-order chi connectivity index (χ1) is 19.2. The third-order valence-corrected chi connectivity index (χ3v) is 12.5. The van der Waals surface area contributed by atoms with Gasteiger partial charge in [0, 0.05) is 5.69 Å². The number of amides is 1. The van der Waals surface area contributed by atoms with Crippen LogP contribution in [0.3, 0.4) is 0 Å². The molecule has 0 bridgehead atoms. The molecule has 9 atom stereocenters. The van der Waals surface area contributed by atoms with E-state index in [2.05, 4.69) is 39.9 Å². The van der Waals surface area contributed by atoms with Crippen LogP contribution in [0.4, 0.5) is 10.5 Å². The maximum atomic E-state index is 12.1. The van der Waals surface area contributed by atoms with Crippen molar-refractivity contribution in [2.45, 2.75) is 118 Å². The Kier molecular flexibility index (Phi) is 9.54. The Morgan fingerprint density at radius 2 is 1.65 bits per heavy atom. The molecule has 0 heterocycles. The van der Waals surface area contributed by atoms with E-state index in [4.69, 9.17) is 9.47 Å². The summed E-state index contributed by atoms with van der Waals surface area (Å²) in [6, 6.07) is 9.45. The second-order valence-electron chi connectivity index (χ2n) is 15.1. The Hall–Kier alpha value is -1.55. The van der Waals surface area contributed by atoms with E-state index in [0.29, 0.717) is 30.1 Å². The highest BCUT2D eigenvalue weighted by molar-refractivity contribution is 5.84. The van der Waals surface area contributed by atoms with E-state index >= 15 is 0 Å². The fourth-order valence-electron chi connectivity index (χ4n) is 10.4. The Labute approximate surface area is 244 Å². The first kappa shape index (κ1) is 29.9. The number of carbonyl (C=O) groups excluding carboxylic acids is 1. The standard InChI is InChI=1S/C36H57NO3/c1-25(2)10-9-11-26(3)31-16-17-32-30-15-14-27-24-29(18-20-35(27,4)33(30)19-21-36(31,32)5)39-22-23-40-34(38)37-28-12-7-6-8-13-28/h6-8,12-13,25-27,29-33H,9-11,14-24H2,1-5H3,(H,37,38)/t26-,27-,29-,30-,31+,32-,33-,35-,36+/m0/s1. The highest BCUT2D eigenvalue weighted by Crippen LogP contribution is 2.68. The first-order valence-corrected chi connectivity index (χ1v) is 16.8. The minimum Gasteiger partial charge on any atom is -0.447 e. The van der Waals surface area contributed by atoms with Gasteiger partial charge >= 0.3 is 6.09 Å². The van der Waals surface area contributed by atoms with Crippen LogP contribution in [0.2, 0.25) is 0 Å². The van der Waals surface area contributed by atoms with Gasteiger partial charge in [-0.1, -0.05) is 72.1 Å². The summed E-state index contributed by atoms with van der Waals surface area (Å²) in [5.74, 6) is 6.26. The molecule has 5 rings (SSSR count). The highest BCUT2D eigenvalue weighted by atomic mass is 16.6. The lowest BCUT2D eigenvalue weighted by molar-refractivity contribution is -0.138. The summed E-state index contributed by atoms with van der Waals surface area (Å²) in [6.45, 7) is 13.5. The molecule has 1 amide bonds. The van der Waals surface area contributed by atoms with Crippen molar-refractivity contribution >= 4 is 11.8 Å². The third kappa shape index (κ3) is 6.27. The van der Waals surface area contributed by atoms with Gasteiger partial charge in [0.1, 0.15) is 6.61 Å². The minimum atomic E-state index is -0.409. The van der Waals surface area contributed by atoms with Crippen molar-refractivity contribution in [2.75, 3.05) is 18.5 Å². The lowest BCUT2D eigenvalue weighted by atomic mass is 9.44. The second kappa shape index (κ2) is 12.8. The minimum absolute atomic E-state index is 0.305. The number of ether oxygens (including phenoxy) is 2. The number of carbonyl (C=O) groups is 1. The molecule has 1 aromatic carbocycles. The molecule has 4 fully saturated rings. The van der Waals surface area contributed by atoms with Crippen LogP contribution in [-0.2, 0) is 9.47 Å². The number of fused-ring (bicyclic) bond motifs is 5. The van der Waals surface area contributed by atoms with Gasteiger partial charge in [0.2, 0.25) is 0 Å². The van der Waals surface area contributed by atoms with Gasteiger partial charge in [0.15, 0.2) is 0 Å². The van der Waals surface area contributed by atoms with Gasteiger partial charge in [-0.2, -0.15) is 0 Å². The molecule has 0 spiro atoms. The fraction of sp³-hybridized carbons (Fsp3) is 0.806. The number of hydrogen-bond acceptors (Lipinski definition) is 3. The van der Waals surface area contributed by atoms with Gasteiger partial charge in [-0.3, -0.25) is 5.32 Å².